The van der Waals surface area contributed by atoms with Gasteiger partial charge in [0.05, 0.1) is 11.1 Å². The lowest BCUT2D eigenvalue weighted by Gasteiger charge is -2.09. The number of hydrogen-bond donors (Lipinski definition) is 0. The third kappa shape index (κ3) is 3.24. The highest BCUT2D eigenvalue weighted by Crippen LogP contribution is 2.21. The number of rotatable bonds is 5. The van der Waals surface area contributed by atoms with E-state index in [9.17, 15) is 4.79 Å². The molecule has 0 aliphatic heterocycles. The van der Waals surface area contributed by atoms with Crippen molar-refractivity contribution < 1.29 is 9.53 Å². The van der Waals surface area contributed by atoms with Crippen LogP contribution in [0.25, 0.3) is 10.9 Å². The molecule has 0 radical (unpaired) electrons. The minimum absolute atomic E-state index is 0.0422. The van der Waals surface area contributed by atoms with E-state index in [1.165, 1.54) is 0 Å². The minimum Gasteiger partial charge on any atom is -0.454 e. The summed E-state index contributed by atoms with van der Waals surface area (Å²) in [7, 11) is 0. The van der Waals surface area contributed by atoms with Gasteiger partial charge in [-0.25, -0.2) is 9.48 Å². The zero-order valence-corrected chi connectivity index (χ0v) is 14.0. The highest BCUT2D eigenvalue weighted by Gasteiger charge is 2.15. The second-order valence-electron chi connectivity index (χ2n) is 5.73. The first-order valence-corrected chi connectivity index (χ1v) is 7.88. The standard InChI is InChI=1S/C17H19N5O2/c1-4-7-22-16(19-20-21-22)10-24-17(23)14-9-12(3)18-15-6-5-11(2)8-13(14)15/h5-6,8-9H,4,7,10H2,1-3H3. The molecular formula is C17H19N5O2. The molecule has 0 amide bonds. The number of tetrazole rings is 1. The van der Waals surface area contributed by atoms with Crippen LogP contribution in [0, 0.1) is 13.8 Å². The Hall–Kier alpha value is -2.83. The predicted molar refractivity (Wildman–Crippen MR) is 88.4 cm³/mol. The van der Waals surface area contributed by atoms with Crippen molar-refractivity contribution in [2.24, 2.45) is 0 Å². The highest BCUT2D eigenvalue weighted by atomic mass is 16.5. The first-order valence-electron chi connectivity index (χ1n) is 7.88. The Morgan fingerprint density at radius 3 is 2.88 bits per heavy atom. The molecule has 0 atom stereocenters. The highest BCUT2D eigenvalue weighted by molar-refractivity contribution is 6.03. The van der Waals surface area contributed by atoms with Crippen LogP contribution >= 0.6 is 0 Å². The second-order valence-corrected chi connectivity index (χ2v) is 5.73. The van der Waals surface area contributed by atoms with E-state index in [1.54, 1.807) is 10.7 Å². The number of pyridine rings is 1. The molecule has 3 rings (SSSR count). The zero-order chi connectivity index (χ0) is 17.1. The van der Waals surface area contributed by atoms with Gasteiger partial charge in [-0.05, 0) is 48.9 Å². The molecule has 0 saturated heterocycles. The number of carbonyl (C=O) groups is 1. The van der Waals surface area contributed by atoms with Crippen LogP contribution in [0.4, 0.5) is 0 Å². The van der Waals surface area contributed by atoms with Crippen molar-refractivity contribution in [3.63, 3.8) is 0 Å². The molecule has 0 N–H and O–H groups in total. The number of hydrogen-bond acceptors (Lipinski definition) is 6. The van der Waals surface area contributed by atoms with Crippen LogP contribution in [0.1, 0.15) is 40.8 Å². The molecule has 24 heavy (non-hydrogen) atoms. The molecule has 0 spiro atoms. The lowest BCUT2D eigenvalue weighted by atomic mass is 10.1. The second kappa shape index (κ2) is 6.74. The van der Waals surface area contributed by atoms with Crippen molar-refractivity contribution in [1.29, 1.82) is 0 Å². The van der Waals surface area contributed by atoms with Crippen LogP contribution in [-0.4, -0.2) is 31.2 Å². The van der Waals surface area contributed by atoms with E-state index in [-0.39, 0.29) is 6.61 Å². The lowest BCUT2D eigenvalue weighted by molar-refractivity contribution is 0.0458. The third-order valence-electron chi connectivity index (χ3n) is 3.69. The average Bonchev–Trinajstić information content (AvgIpc) is 3.00. The van der Waals surface area contributed by atoms with E-state index < -0.39 is 5.97 Å². The number of esters is 1. The fraction of sp³-hybridized carbons (Fsp3) is 0.353. The van der Waals surface area contributed by atoms with Crippen LogP contribution in [0.15, 0.2) is 24.3 Å². The lowest BCUT2D eigenvalue weighted by Crippen LogP contribution is -2.11. The van der Waals surface area contributed by atoms with Crippen molar-refractivity contribution in [3.05, 3.63) is 46.9 Å². The van der Waals surface area contributed by atoms with Gasteiger partial charge < -0.3 is 4.74 Å². The SMILES string of the molecule is CCCn1nnnc1COC(=O)c1cc(C)nc2ccc(C)cc12. The first kappa shape index (κ1) is 16.0. The number of nitrogens with zero attached hydrogens (tertiary/aromatic N) is 5. The summed E-state index contributed by atoms with van der Waals surface area (Å²) in [6.45, 7) is 6.60. The van der Waals surface area contributed by atoms with Crippen LogP contribution in [0.3, 0.4) is 0 Å². The minimum atomic E-state index is -0.401. The van der Waals surface area contributed by atoms with Crippen LogP contribution in [0.5, 0.6) is 0 Å². The topological polar surface area (TPSA) is 82.8 Å². The van der Waals surface area contributed by atoms with Gasteiger partial charge in [-0.15, -0.1) is 5.10 Å². The molecule has 0 aliphatic carbocycles. The summed E-state index contributed by atoms with van der Waals surface area (Å²) in [5.41, 5.74) is 3.13. The van der Waals surface area contributed by atoms with E-state index in [2.05, 4.69) is 20.5 Å². The van der Waals surface area contributed by atoms with Crippen LogP contribution in [0.2, 0.25) is 0 Å². The van der Waals surface area contributed by atoms with Crippen molar-refractivity contribution in [2.45, 2.75) is 40.3 Å². The Morgan fingerprint density at radius 1 is 1.25 bits per heavy atom. The summed E-state index contributed by atoms with van der Waals surface area (Å²) >= 11 is 0. The smallest absolute Gasteiger partial charge is 0.339 e. The first-order chi connectivity index (χ1) is 11.6. The largest absolute Gasteiger partial charge is 0.454 e. The maximum atomic E-state index is 12.6. The van der Waals surface area contributed by atoms with Crippen LogP contribution in [-0.2, 0) is 17.9 Å². The Labute approximate surface area is 139 Å². The summed E-state index contributed by atoms with van der Waals surface area (Å²) in [6.07, 6.45) is 0.902. The van der Waals surface area contributed by atoms with Gasteiger partial charge >= 0.3 is 5.97 Å². The molecule has 2 heterocycles. The molecule has 2 aromatic heterocycles. The molecule has 0 bridgehead atoms. The van der Waals surface area contributed by atoms with Gasteiger partial charge in [0.15, 0.2) is 12.4 Å². The van der Waals surface area contributed by atoms with Gasteiger partial charge in [-0.1, -0.05) is 18.6 Å². The van der Waals surface area contributed by atoms with Gasteiger partial charge in [0, 0.05) is 17.6 Å². The Bertz CT molecular complexity index is 888. The van der Waals surface area contributed by atoms with E-state index in [1.807, 2.05) is 39.0 Å². The normalized spacial score (nSPS) is 11.0. The van der Waals surface area contributed by atoms with Gasteiger partial charge in [0.2, 0.25) is 0 Å². The van der Waals surface area contributed by atoms with E-state index in [4.69, 9.17) is 4.74 Å². The number of benzene rings is 1. The number of fused-ring (bicyclic) bond motifs is 1. The summed E-state index contributed by atoms with van der Waals surface area (Å²) < 4.78 is 7.08. The quantitative estimate of drug-likeness (QED) is 0.671. The maximum absolute atomic E-state index is 12.6. The monoisotopic (exact) mass is 325 g/mol. The Kier molecular flexibility index (Phi) is 4.50. The Morgan fingerprint density at radius 2 is 2.08 bits per heavy atom. The third-order valence-corrected chi connectivity index (χ3v) is 3.69. The summed E-state index contributed by atoms with van der Waals surface area (Å²) in [4.78, 5) is 17.0. The van der Waals surface area contributed by atoms with E-state index in [0.29, 0.717) is 17.9 Å². The van der Waals surface area contributed by atoms with Gasteiger partial charge in [-0.3, -0.25) is 4.98 Å². The number of ether oxygens (including phenoxy) is 1. The van der Waals surface area contributed by atoms with Gasteiger partial charge in [0.25, 0.3) is 0 Å². The van der Waals surface area contributed by atoms with Crippen molar-refractivity contribution in [1.82, 2.24) is 25.2 Å². The van der Waals surface area contributed by atoms with Crippen molar-refractivity contribution >= 4 is 16.9 Å². The molecule has 7 nitrogen and oxygen atoms in total. The molecule has 0 saturated carbocycles. The number of aryl methyl sites for hydroxylation is 3. The fourth-order valence-corrected chi connectivity index (χ4v) is 2.56. The molecule has 0 fully saturated rings. The summed E-state index contributed by atoms with van der Waals surface area (Å²) in [6, 6.07) is 7.58. The molecule has 124 valence electrons. The fourth-order valence-electron chi connectivity index (χ4n) is 2.56. The molecule has 0 aliphatic rings. The van der Waals surface area contributed by atoms with E-state index >= 15 is 0 Å². The number of aromatic nitrogens is 5. The van der Waals surface area contributed by atoms with Crippen LogP contribution < -0.4 is 0 Å². The molecule has 1 aromatic carbocycles. The molecule has 7 heteroatoms. The van der Waals surface area contributed by atoms with Crippen molar-refractivity contribution in [2.75, 3.05) is 0 Å². The predicted octanol–water partition coefficient (Wildman–Crippen LogP) is 2.61. The summed E-state index contributed by atoms with van der Waals surface area (Å²) in [5.74, 6) is 0.138. The summed E-state index contributed by atoms with van der Waals surface area (Å²) in [5, 5.41) is 12.2. The number of carbonyl (C=O) groups excluding carboxylic acids is 1. The average molecular weight is 325 g/mol. The Balaban J connectivity index is 1.86. The van der Waals surface area contributed by atoms with E-state index in [0.717, 1.165) is 28.6 Å². The van der Waals surface area contributed by atoms with Gasteiger partial charge in [0.1, 0.15) is 0 Å². The van der Waals surface area contributed by atoms with Gasteiger partial charge in [-0.2, -0.15) is 0 Å². The maximum Gasteiger partial charge on any atom is 0.339 e. The zero-order valence-electron chi connectivity index (χ0n) is 14.0. The molecule has 3 aromatic rings. The molecular weight excluding hydrogens is 306 g/mol. The molecule has 0 unspecified atom stereocenters. The van der Waals surface area contributed by atoms with Crippen molar-refractivity contribution in [3.8, 4) is 0 Å².